The highest BCUT2D eigenvalue weighted by Gasteiger charge is 2.09. The van der Waals surface area contributed by atoms with Crippen molar-refractivity contribution in [3.8, 4) is 10.6 Å². The Balaban J connectivity index is 2.30. The average molecular weight is 242 g/mol. The summed E-state index contributed by atoms with van der Waals surface area (Å²) in [5, 5.41) is 3.31. The second-order valence-electron chi connectivity index (χ2n) is 4.35. The predicted molar refractivity (Wildman–Crippen MR) is 75.5 cm³/mol. The van der Waals surface area contributed by atoms with Gasteiger partial charge in [-0.1, -0.05) is 6.07 Å². The van der Waals surface area contributed by atoms with E-state index in [0.717, 1.165) is 16.8 Å². The third-order valence-electron chi connectivity index (χ3n) is 3.23. The third kappa shape index (κ3) is 1.54. The van der Waals surface area contributed by atoms with Crippen LogP contribution in [-0.2, 0) is 0 Å². The van der Waals surface area contributed by atoms with Gasteiger partial charge in [-0.05, 0) is 48.6 Å². The molecule has 2 nitrogen and oxygen atoms in total. The maximum absolute atomic E-state index is 6.06. The molecule has 0 aliphatic carbocycles. The summed E-state index contributed by atoms with van der Waals surface area (Å²) in [6.45, 7) is 4.13. The van der Waals surface area contributed by atoms with Gasteiger partial charge in [-0.2, -0.15) is 0 Å². The van der Waals surface area contributed by atoms with Gasteiger partial charge < -0.3 is 10.7 Å². The van der Waals surface area contributed by atoms with Gasteiger partial charge in [0.05, 0.1) is 10.6 Å². The largest absolute Gasteiger partial charge is 0.398 e. The summed E-state index contributed by atoms with van der Waals surface area (Å²) in [6, 6.07) is 8.50. The Bertz CT molecular complexity index is 678. The molecular formula is C14H14N2S. The molecule has 0 aliphatic heterocycles. The molecule has 3 heteroatoms. The first-order chi connectivity index (χ1) is 8.16. The van der Waals surface area contributed by atoms with Crippen LogP contribution < -0.4 is 5.73 Å². The highest BCUT2D eigenvalue weighted by atomic mass is 32.1. The topological polar surface area (TPSA) is 41.8 Å². The van der Waals surface area contributed by atoms with Crippen LogP contribution in [0.4, 0.5) is 5.69 Å². The number of aromatic amines is 1. The summed E-state index contributed by atoms with van der Waals surface area (Å²) < 4.78 is 0. The highest BCUT2D eigenvalue weighted by Crippen LogP contribution is 2.32. The molecule has 1 aromatic carbocycles. The minimum absolute atomic E-state index is 0.897. The van der Waals surface area contributed by atoms with Crippen LogP contribution >= 0.6 is 11.3 Å². The van der Waals surface area contributed by atoms with Crippen LogP contribution in [0.1, 0.15) is 11.1 Å². The summed E-state index contributed by atoms with van der Waals surface area (Å²) in [6.07, 6.45) is 0. The molecule has 0 saturated carbocycles. The molecule has 2 heterocycles. The van der Waals surface area contributed by atoms with Crippen molar-refractivity contribution in [3.05, 3.63) is 40.8 Å². The van der Waals surface area contributed by atoms with E-state index in [4.69, 9.17) is 5.73 Å². The lowest BCUT2D eigenvalue weighted by Crippen LogP contribution is -1.93. The van der Waals surface area contributed by atoms with Crippen LogP contribution in [0, 0.1) is 13.8 Å². The number of hydrogen-bond donors (Lipinski definition) is 2. The number of aryl methyl sites for hydroxylation is 2. The Morgan fingerprint density at radius 3 is 2.76 bits per heavy atom. The van der Waals surface area contributed by atoms with Crippen LogP contribution in [0.15, 0.2) is 29.6 Å². The van der Waals surface area contributed by atoms with Crippen molar-refractivity contribution in [2.45, 2.75) is 13.8 Å². The Labute approximate surface area is 104 Å². The van der Waals surface area contributed by atoms with Crippen LogP contribution in [-0.4, -0.2) is 4.98 Å². The number of rotatable bonds is 1. The zero-order valence-electron chi connectivity index (χ0n) is 9.87. The number of nitrogens with two attached hydrogens (primary N) is 1. The number of hydrogen-bond acceptors (Lipinski definition) is 2. The van der Waals surface area contributed by atoms with E-state index in [2.05, 4.69) is 41.6 Å². The van der Waals surface area contributed by atoms with Gasteiger partial charge in [-0.15, -0.1) is 11.3 Å². The Kier molecular flexibility index (Phi) is 2.23. The third-order valence-corrected chi connectivity index (χ3v) is 4.13. The van der Waals surface area contributed by atoms with Crippen molar-refractivity contribution >= 4 is 27.9 Å². The Morgan fingerprint density at radius 1 is 1.24 bits per heavy atom. The Morgan fingerprint density at radius 2 is 2.06 bits per heavy atom. The minimum atomic E-state index is 0.897. The second-order valence-corrected chi connectivity index (χ2v) is 5.30. The monoisotopic (exact) mass is 242 g/mol. The molecule has 0 bridgehead atoms. The van der Waals surface area contributed by atoms with Crippen LogP contribution in [0.2, 0.25) is 0 Å². The predicted octanol–water partition coefficient (Wildman–Crippen LogP) is 4.10. The molecule has 0 radical (unpaired) electrons. The number of thiophene rings is 1. The van der Waals surface area contributed by atoms with Crippen LogP contribution in [0.3, 0.4) is 0 Å². The normalized spacial score (nSPS) is 11.2. The molecule has 0 spiro atoms. The van der Waals surface area contributed by atoms with Gasteiger partial charge in [-0.3, -0.25) is 0 Å². The summed E-state index contributed by atoms with van der Waals surface area (Å²) in [5.41, 5.74) is 11.6. The zero-order chi connectivity index (χ0) is 12.0. The fraction of sp³-hybridized carbons (Fsp3) is 0.143. The molecule has 0 unspecified atom stereocenters. The lowest BCUT2D eigenvalue weighted by atomic mass is 10.1. The van der Waals surface area contributed by atoms with Gasteiger partial charge in [0.15, 0.2) is 0 Å². The first-order valence-corrected chi connectivity index (χ1v) is 6.47. The molecule has 2 aromatic heterocycles. The molecular weight excluding hydrogens is 228 g/mol. The van der Waals surface area contributed by atoms with E-state index in [1.54, 1.807) is 11.3 Å². The lowest BCUT2D eigenvalue weighted by Gasteiger charge is -2.05. The summed E-state index contributed by atoms with van der Waals surface area (Å²) in [7, 11) is 0. The maximum Gasteiger partial charge on any atom is 0.0566 e. The molecule has 0 aliphatic rings. The quantitative estimate of drug-likeness (QED) is 0.620. The van der Waals surface area contributed by atoms with E-state index in [1.165, 1.54) is 21.5 Å². The summed E-state index contributed by atoms with van der Waals surface area (Å²) in [4.78, 5) is 4.72. The van der Waals surface area contributed by atoms with E-state index in [9.17, 15) is 0 Å². The van der Waals surface area contributed by atoms with Gasteiger partial charge in [0.1, 0.15) is 0 Å². The zero-order valence-corrected chi connectivity index (χ0v) is 10.7. The SMILES string of the molecule is Cc1cc2[nH]c(-c3cccs3)cc2c(C)c1N. The van der Waals surface area contributed by atoms with Gasteiger partial charge in [0.25, 0.3) is 0 Å². The minimum Gasteiger partial charge on any atom is -0.398 e. The van der Waals surface area contributed by atoms with Crippen molar-refractivity contribution in [1.82, 2.24) is 4.98 Å². The van der Waals surface area contributed by atoms with E-state index in [0.29, 0.717) is 0 Å². The van der Waals surface area contributed by atoms with Crippen molar-refractivity contribution in [3.63, 3.8) is 0 Å². The first-order valence-electron chi connectivity index (χ1n) is 5.59. The number of nitrogen functional groups attached to an aromatic ring is 1. The average Bonchev–Trinajstić information content (AvgIpc) is 2.93. The number of fused-ring (bicyclic) bond motifs is 1. The van der Waals surface area contributed by atoms with Gasteiger partial charge in [0.2, 0.25) is 0 Å². The molecule has 0 saturated heterocycles. The van der Waals surface area contributed by atoms with Crippen LogP contribution in [0.25, 0.3) is 21.5 Å². The van der Waals surface area contributed by atoms with E-state index >= 15 is 0 Å². The molecule has 86 valence electrons. The van der Waals surface area contributed by atoms with Crippen molar-refractivity contribution < 1.29 is 0 Å². The molecule has 3 N–H and O–H groups in total. The fourth-order valence-corrected chi connectivity index (χ4v) is 2.89. The summed E-state index contributed by atoms with van der Waals surface area (Å²) >= 11 is 1.74. The fourth-order valence-electron chi connectivity index (χ4n) is 2.19. The molecule has 3 aromatic rings. The van der Waals surface area contributed by atoms with Crippen molar-refractivity contribution in [1.29, 1.82) is 0 Å². The Hall–Kier alpha value is -1.74. The number of aromatic nitrogens is 1. The van der Waals surface area contributed by atoms with E-state index < -0.39 is 0 Å². The highest BCUT2D eigenvalue weighted by molar-refractivity contribution is 7.13. The number of H-pyrrole nitrogens is 1. The number of nitrogens with one attached hydrogen (secondary N) is 1. The van der Waals surface area contributed by atoms with Gasteiger partial charge in [0, 0.05) is 16.6 Å². The smallest absolute Gasteiger partial charge is 0.0566 e. The molecule has 0 fully saturated rings. The second kappa shape index (κ2) is 3.64. The van der Waals surface area contributed by atoms with Crippen molar-refractivity contribution in [2.75, 3.05) is 5.73 Å². The van der Waals surface area contributed by atoms with E-state index in [1.807, 2.05) is 6.92 Å². The molecule has 0 atom stereocenters. The summed E-state index contributed by atoms with van der Waals surface area (Å²) in [5.74, 6) is 0. The van der Waals surface area contributed by atoms with Gasteiger partial charge in [-0.25, -0.2) is 0 Å². The number of anilines is 1. The molecule has 17 heavy (non-hydrogen) atoms. The molecule has 3 rings (SSSR count). The van der Waals surface area contributed by atoms with Crippen LogP contribution in [0.5, 0.6) is 0 Å². The van der Waals surface area contributed by atoms with E-state index in [-0.39, 0.29) is 0 Å². The standard InChI is InChI=1S/C14H14N2S/c1-8-6-11-10(9(2)14(8)15)7-12(16-11)13-4-3-5-17-13/h3-7,16H,15H2,1-2H3. The lowest BCUT2D eigenvalue weighted by molar-refractivity contribution is 1.41. The number of benzene rings is 1. The van der Waals surface area contributed by atoms with Gasteiger partial charge >= 0.3 is 0 Å². The maximum atomic E-state index is 6.06. The van der Waals surface area contributed by atoms with Crippen molar-refractivity contribution in [2.24, 2.45) is 0 Å². The molecule has 0 amide bonds. The first kappa shape index (κ1) is 10.4.